The number of rotatable bonds is 6. The lowest BCUT2D eigenvalue weighted by Crippen LogP contribution is -2.01. The number of anilines is 1. The van der Waals surface area contributed by atoms with Gasteiger partial charge in [0.1, 0.15) is 5.75 Å². The Labute approximate surface area is 159 Å². The number of nitrogens with zero attached hydrogens (tertiary/aromatic N) is 4. The number of hydrogen-bond acceptors (Lipinski definition) is 5. The average Bonchev–Trinajstić information content (AvgIpc) is 2.89. The van der Waals surface area contributed by atoms with Crippen LogP contribution in [-0.4, -0.2) is 27.4 Å². The minimum atomic E-state index is 0.504. The molecule has 2 heterocycles. The smallest absolute Gasteiger partial charge is 0.243 e. The lowest BCUT2D eigenvalue weighted by atomic mass is 10.2. The van der Waals surface area contributed by atoms with E-state index in [-0.39, 0.29) is 0 Å². The molecule has 6 nitrogen and oxygen atoms in total. The zero-order valence-corrected chi connectivity index (χ0v) is 16.4. The number of benzene rings is 1. The fourth-order valence-corrected chi connectivity index (χ4v) is 3.11. The van der Waals surface area contributed by atoms with Crippen LogP contribution >= 0.6 is 0 Å². The van der Waals surface area contributed by atoms with E-state index in [4.69, 9.17) is 4.74 Å². The van der Waals surface area contributed by atoms with Crippen LogP contribution in [-0.2, 0) is 0 Å². The van der Waals surface area contributed by atoms with Gasteiger partial charge in [-0.05, 0) is 71.0 Å². The molecule has 0 amide bonds. The summed E-state index contributed by atoms with van der Waals surface area (Å²) in [7, 11) is 0. The van der Waals surface area contributed by atoms with E-state index in [0.717, 1.165) is 39.8 Å². The summed E-state index contributed by atoms with van der Waals surface area (Å²) in [5.74, 6) is 1.38. The molecule has 0 bridgehead atoms. The van der Waals surface area contributed by atoms with E-state index in [0.29, 0.717) is 12.6 Å². The summed E-state index contributed by atoms with van der Waals surface area (Å²) in [6, 6.07) is 12.1. The Balaban J connectivity index is 1.80. The van der Waals surface area contributed by atoms with Gasteiger partial charge in [0, 0.05) is 34.0 Å². The van der Waals surface area contributed by atoms with Crippen molar-refractivity contribution in [3.63, 3.8) is 0 Å². The van der Waals surface area contributed by atoms with E-state index in [1.165, 1.54) is 0 Å². The minimum absolute atomic E-state index is 0.504. The molecule has 0 saturated carbocycles. The maximum atomic E-state index is 5.52. The van der Waals surface area contributed by atoms with Gasteiger partial charge in [-0.2, -0.15) is 5.10 Å². The molecule has 0 radical (unpaired) electrons. The lowest BCUT2D eigenvalue weighted by molar-refractivity contribution is 0.340. The third-order valence-electron chi connectivity index (χ3n) is 4.23. The first-order valence-corrected chi connectivity index (χ1v) is 9.01. The highest BCUT2D eigenvalue weighted by Gasteiger charge is 2.09. The largest absolute Gasteiger partial charge is 0.494 e. The van der Waals surface area contributed by atoms with E-state index < -0.39 is 0 Å². The van der Waals surface area contributed by atoms with Crippen molar-refractivity contribution in [2.45, 2.75) is 34.6 Å². The van der Waals surface area contributed by atoms with Crippen molar-refractivity contribution in [3.8, 4) is 11.4 Å². The SMILES string of the molecule is CCOc1ccc(-n2c(C)cc(/C=N/Nc3nc(C)cc(C)n3)c2C)cc1. The van der Waals surface area contributed by atoms with Crippen LogP contribution in [0.5, 0.6) is 5.75 Å². The quantitative estimate of drug-likeness (QED) is 0.522. The van der Waals surface area contributed by atoms with Crippen LogP contribution in [0.3, 0.4) is 0 Å². The van der Waals surface area contributed by atoms with Crippen LogP contribution in [0.25, 0.3) is 5.69 Å². The molecule has 0 saturated heterocycles. The second-order valence-electron chi connectivity index (χ2n) is 6.43. The molecule has 0 aliphatic rings. The first-order chi connectivity index (χ1) is 13.0. The summed E-state index contributed by atoms with van der Waals surface area (Å²) in [5, 5.41) is 4.31. The van der Waals surface area contributed by atoms with E-state index in [2.05, 4.69) is 57.1 Å². The molecule has 27 heavy (non-hydrogen) atoms. The topological polar surface area (TPSA) is 64.3 Å². The Kier molecular flexibility index (Phi) is 5.54. The summed E-state index contributed by atoms with van der Waals surface area (Å²) in [6.07, 6.45) is 1.80. The maximum absolute atomic E-state index is 5.52. The number of aryl methyl sites for hydroxylation is 3. The van der Waals surface area contributed by atoms with Gasteiger partial charge in [0.05, 0.1) is 12.8 Å². The number of hydrogen-bond donors (Lipinski definition) is 1. The van der Waals surface area contributed by atoms with Gasteiger partial charge in [-0.3, -0.25) is 0 Å². The van der Waals surface area contributed by atoms with E-state index >= 15 is 0 Å². The van der Waals surface area contributed by atoms with Gasteiger partial charge in [0.15, 0.2) is 0 Å². The standard InChI is InChI=1S/C21H25N5O/c1-6-27-20-9-7-19(8-10-20)26-16(4)12-18(17(26)5)13-22-25-21-23-14(2)11-15(3)24-21/h7-13H,6H2,1-5H3,(H,23,24,25)/b22-13+. The second kappa shape index (κ2) is 8.03. The molecule has 1 aromatic carbocycles. The molecule has 140 valence electrons. The molecule has 0 aliphatic carbocycles. The van der Waals surface area contributed by atoms with Crippen LogP contribution in [0.2, 0.25) is 0 Å². The van der Waals surface area contributed by atoms with Crippen molar-refractivity contribution in [1.29, 1.82) is 0 Å². The van der Waals surface area contributed by atoms with Gasteiger partial charge in [-0.25, -0.2) is 15.4 Å². The molecule has 6 heteroatoms. The van der Waals surface area contributed by atoms with Crippen molar-refractivity contribution >= 4 is 12.2 Å². The summed E-state index contributed by atoms with van der Waals surface area (Å²) < 4.78 is 7.72. The third kappa shape index (κ3) is 4.34. The van der Waals surface area contributed by atoms with Crippen molar-refractivity contribution < 1.29 is 4.74 Å². The van der Waals surface area contributed by atoms with E-state index in [9.17, 15) is 0 Å². The maximum Gasteiger partial charge on any atom is 0.243 e. The van der Waals surface area contributed by atoms with Crippen molar-refractivity contribution in [1.82, 2.24) is 14.5 Å². The van der Waals surface area contributed by atoms with Gasteiger partial charge >= 0.3 is 0 Å². The number of nitrogens with one attached hydrogen (secondary N) is 1. The molecule has 0 spiro atoms. The molecule has 3 aromatic rings. The Morgan fingerprint density at radius 1 is 1.04 bits per heavy atom. The highest BCUT2D eigenvalue weighted by atomic mass is 16.5. The van der Waals surface area contributed by atoms with Gasteiger partial charge < -0.3 is 9.30 Å². The minimum Gasteiger partial charge on any atom is -0.494 e. The normalized spacial score (nSPS) is 11.1. The first kappa shape index (κ1) is 18.6. The van der Waals surface area contributed by atoms with Gasteiger partial charge in [0.25, 0.3) is 0 Å². The monoisotopic (exact) mass is 363 g/mol. The second-order valence-corrected chi connectivity index (χ2v) is 6.43. The van der Waals surface area contributed by atoms with Crippen LogP contribution in [0.4, 0.5) is 5.95 Å². The predicted molar refractivity (Wildman–Crippen MR) is 109 cm³/mol. The Bertz CT molecular complexity index is 937. The highest BCUT2D eigenvalue weighted by Crippen LogP contribution is 2.22. The zero-order chi connectivity index (χ0) is 19.4. The van der Waals surface area contributed by atoms with Crippen LogP contribution in [0.1, 0.15) is 35.3 Å². The average molecular weight is 363 g/mol. The van der Waals surface area contributed by atoms with Crippen LogP contribution in [0.15, 0.2) is 41.5 Å². The van der Waals surface area contributed by atoms with Crippen molar-refractivity contribution in [3.05, 3.63) is 64.7 Å². The van der Waals surface area contributed by atoms with Crippen LogP contribution < -0.4 is 10.2 Å². The molecule has 1 N–H and O–H groups in total. The van der Waals surface area contributed by atoms with Crippen LogP contribution in [0, 0.1) is 27.7 Å². The van der Waals surface area contributed by atoms with Crippen molar-refractivity contribution in [2.75, 3.05) is 12.0 Å². The molecule has 0 unspecified atom stereocenters. The molecule has 3 rings (SSSR count). The lowest BCUT2D eigenvalue weighted by Gasteiger charge is -2.10. The number of ether oxygens (including phenoxy) is 1. The van der Waals surface area contributed by atoms with Gasteiger partial charge in [-0.15, -0.1) is 0 Å². The first-order valence-electron chi connectivity index (χ1n) is 9.01. The molecule has 2 aromatic heterocycles. The van der Waals surface area contributed by atoms with Gasteiger partial charge in [-0.1, -0.05) is 0 Å². The van der Waals surface area contributed by atoms with Crippen molar-refractivity contribution in [2.24, 2.45) is 5.10 Å². The Morgan fingerprint density at radius 2 is 1.70 bits per heavy atom. The van der Waals surface area contributed by atoms with E-state index in [1.54, 1.807) is 6.21 Å². The molecular weight excluding hydrogens is 338 g/mol. The number of hydrazone groups is 1. The molecule has 0 aliphatic heterocycles. The zero-order valence-electron chi connectivity index (χ0n) is 16.4. The summed E-state index contributed by atoms with van der Waals surface area (Å²) in [6.45, 7) is 10.7. The fraction of sp³-hybridized carbons (Fsp3) is 0.286. The Hall–Kier alpha value is -3.15. The molecular formula is C21H25N5O. The number of aromatic nitrogens is 3. The predicted octanol–water partition coefficient (Wildman–Crippen LogP) is 4.35. The van der Waals surface area contributed by atoms with Gasteiger partial charge in [0.2, 0.25) is 5.95 Å². The summed E-state index contributed by atoms with van der Waals surface area (Å²) in [4.78, 5) is 8.66. The molecule has 0 fully saturated rings. The summed E-state index contributed by atoms with van der Waals surface area (Å²) >= 11 is 0. The summed E-state index contributed by atoms with van der Waals surface area (Å²) in [5.41, 5.74) is 9.13. The Morgan fingerprint density at radius 3 is 2.33 bits per heavy atom. The van der Waals surface area contributed by atoms with E-state index in [1.807, 2.05) is 39.0 Å². The fourth-order valence-electron chi connectivity index (χ4n) is 3.11. The molecule has 0 atom stereocenters. The third-order valence-corrected chi connectivity index (χ3v) is 4.23. The highest BCUT2D eigenvalue weighted by molar-refractivity contribution is 5.82.